The molecule has 0 aliphatic carbocycles. The second kappa shape index (κ2) is 8.08. The third-order valence-electron chi connectivity index (χ3n) is 3.56. The quantitative estimate of drug-likeness (QED) is 0.615. The van der Waals surface area contributed by atoms with Gasteiger partial charge in [0, 0.05) is 5.02 Å². The molecule has 0 saturated carbocycles. The van der Waals surface area contributed by atoms with Crippen molar-refractivity contribution in [3.63, 3.8) is 0 Å². The summed E-state index contributed by atoms with van der Waals surface area (Å²) in [6.45, 7) is 0. The topological polar surface area (TPSA) is 63.2 Å². The van der Waals surface area contributed by atoms with Gasteiger partial charge in [-0.1, -0.05) is 35.3 Å². The number of amides is 1. The maximum atomic E-state index is 12.4. The van der Waals surface area contributed by atoms with Crippen LogP contribution in [0.5, 0.6) is 5.75 Å². The van der Waals surface area contributed by atoms with Crippen LogP contribution in [0.4, 0.5) is 17.2 Å². The molecule has 1 amide bonds. The number of halogens is 2. The number of carbonyl (C=O) groups excluding carboxylic acids is 1. The predicted molar refractivity (Wildman–Crippen MR) is 105 cm³/mol. The fourth-order valence-electron chi connectivity index (χ4n) is 2.31. The van der Waals surface area contributed by atoms with E-state index in [2.05, 4.69) is 15.6 Å². The second-order valence-electron chi connectivity index (χ2n) is 5.34. The highest BCUT2D eigenvalue weighted by molar-refractivity contribution is 6.35. The first-order valence-corrected chi connectivity index (χ1v) is 8.45. The summed E-state index contributed by atoms with van der Waals surface area (Å²) in [5, 5.41) is 6.99. The minimum atomic E-state index is -0.298. The number of para-hydroxylation sites is 1. The third kappa shape index (κ3) is 4.25. The van der Waals surface area contributed by atoms with E-state index >= 15 is 0 Å². The monoisotopic (exact) mass is 387 g/mol. The molecule has 2 N–H and O–H groups in total. The standard InChI is InChI=1S/C19H15Cl2N3O2/c1-26-17-5-3-2-4-14(17)19(25)24-18-9-7-13(11-22-18)23-16-10-12(20)6-8-15(16)21/h2-11,23H,1H3,(H,22,24,25). The zero-order valence-corrected chi connectivity index (χ0v) is 15.3. The first-order valence-electron chi connectivity index (χ1n) is 7.69. The van der Waals surface area contributed by atoms with Gasteiger partial charge >= 0.3 is 0 Å². The van der Waals surface area contributed by atoms with Crippen molar-refractivity contribution in [1.29, 1.82) is 0 Å². The summed E-state index contributed by atoms with van der Waals surface area (Å²) in [4.78, 5) is 16.6. The highest BCUT2D eigenvalue weighted by Gasteiger charge is 2.12. The molecule has 1 heterocycles. The number of nitrogens with zero attached hydrogens (tertiary/aromatic N) is 1. The number of hydrogen-bond acceptors (Lipinski definition) is 4. The van der Waals surface area contributed by atoms with E-state index in [-0.39, 0.29) is 5.91 Å². The van der Waals surface area contributed by atoms with E-state index < -0.39 is 0 Å². The van der Waals surface area contributed by atoms with E-state index in [1.165, 1.54) is 7.11 Å². The summed E-state index contributed by atoms with van der Waals surface area (Å²) in [6.07, 6.45) is 1.59. The van der Waals surface area contributed by atoms with E-state index in [1.807, 2.05) is 0 Å². The van der Waals surface area contributed by atoms with Crippen molar-refractivity contribution in [1.82, 2.24) is 4.98 Å². The average Bonchev–Trinajstić information content (AvgIpc) is 2.66. The molecule has 7 heteroatoms. The largest absolute Gasteiger partial charge is 0.496 e. The summed E-state index contributed by atoms with van der Waals surface area (Å²) in [5.74, 6) is 0.621. The van der Waals surface area contributed by atoms with E-state index in [0.29, 0.717) is 38.6 Å². The van der Waals surface area contributed by atoms with Crippen LogP contribution >= 0.6 is 23.2 Å². The zero-order chi connectivity index (χ0) is 18.5. The molecule has 0 atom stereocenters. The van der Waals surface area contributed by atoms with Crippen molar-refractivity contribution in [2.45, 2.75) is 0 Å². The number of rotatable bonds is 5. The fourth-order valence-corrected chi connectivity index (χ4v) is 2.64. The lowest BCUT2D eigenvalue weighted by Gasteiger charge is -2.11. The smallest absolute Gasteiger partial charge is 0.260 e. The highest BCUT2D eigenvalue weighted by atomic mass is 35.5. The number of anilines is 3. The molecule has 0 bridgehead atoms. The Labute approximate surface area is 160 Å². The molecule has 0 aliphatic heterocycles. The van der Waals surface area contributed by atoms with Crippen molar-refractivity contribution in [2.75, 3.05) is 17.7 Å². The van der Waals surface area contributed by atoms with Crippen molar-refractivity contribution >= 4 is 46.3 Å². The molecule has 26 heavy (non-hydrogen) atoms. The van der Waals surface area contributed by atoms with Gasteiger partial charge in [0.15, 0.2) is 0 Å². The fraction of sp³-hybridized carbons (Fsp3) is 0.0526. The number of carbonyl (C=O) groups is 1. The van der Waals surface area contributed by atoms with Gasteiger partial charge in [0.2, 0.25) is 0 Å². The maximum Gasteiger partial charge on any atom is 0.260 e. The molecule has 3 rings (SSSR count). The van der Waals surface area contributed by atoms with Crippen LogP contribution in [0.15, 0.2) is 60.8 Å². The molecule has 2 aromatic carbocycles. The number of nitrogens with one attached hydrogen (secondary N) is 2. The Morgan fingerprint density at radius 1 is 1.08 bits per heavy atom. The molecule has 0 aliphatic rings. The average molecular weight is 388 g/mol. The number of pyridine rings is 1. The minimum Gasteiger partial charge on any atom is -0.496 e. The van der Waals surface area contributed by atoms with Gasteiger partial charge in [0.05, 0.1) is 35.3 Å². The molecule has 0 unspecified atom stereocenters. The Morgan fingerprint density at radius 3 is 2.62 bits per heavy atom. The van der Waals surface area contributed by atoms with Gasteiger partial charge in [-0.3, -0.25) is 4.79 Å². The normalized spacial score (nSPS) is 10.3. The minimum absolute atomic E-state index is 0.298. The van der Waals surface area contributed by atoms with E-state index in [0.717, 1.165) is 0 Å². The van der Waals surface area contributed by atoms with Gasteiger partial charge in [-0.05, 0) is 42.5 Å². The third-order valence-corrected chi connectivity index (χ3v) is 4.13. The van der Waals surface area contributed by atoms with E-state index in [4.69, 9.17) is 27.9 Å². The Balaban J connectivity index is 1.71. The van der Waals surface area contributed by atoms with Crippen molar-refractivity contribution in [2.24, 2.45) is 0 Å². The van der Waals surface area contributed by atoms with Crippen molar-refractivity contribution < 1.29 is 9.53 Å². The highest BCUT2D eigenvalue weighted by Crippen LogP contribution is 2.28. The van der Waals surface area contributed by atoms with Gasteiger partial charge < -0.3 is 15.4 Å². The predicted octanol–water partition coefficient (Wildman–Crippen LogP) is 5.39. The molecule has 0 spiro atoms. The number of benzene rings is 2. The molecule has 0 fully saturated rings. The molecule has 132 valence electrons. The summed E-state index contributed by atoms with van der Waals surface area (Å²) >= 11 is 12.1. The van der Waals surface area contributed by atoms with Gasteiger partial charge in [-0.2, -0.15) is 0 Å². The Kier molecular flexibility index (Phi) is 5.61. The molecule has 0 saturated heterocycles. The lowest BCUT2D eigenvalue weighted by atomic mass is 10.2. The van der Waals surface area contributed by atoms with Crippen molar-refractivity contribution in [3.8, 4) is 5.75 Å². The number of aromatic nitrogens is 1. The van der Waals surface area contributed by atoms with E-state index in [9.17, 15) is 4.79 Å². The Hall–Kier alpha value is -2.76. The first kappa shape index (κ1) is 18.0. The summed E-state index contributed by atoms with van der Waals surface area (Å²) in [5.41, 5.74) is 1.82. The zero-order valence-electron chi connectivity index (χ0n) is 13.8. The molecule has 5 nitrogen and oxygen atoms in total. The van der Waals surface area contributed by atoms with Gasteiger partial charge in [0.1, 0.15) is 11.6 Å². The molecule has 1 aromatic heterocycles. The van der Waals surface area contributed by atoms with Crippen LogP contribution in [-0.2, 0) is 0 Å². The molecule has 3 aromatic rings. The van der Waals surface area contributed by atoms with Crippen molar-refractivity contribution in [3.05, 3.63) is 76.4 Å². The number of hydrogen-bond donors (Lipinski definition) is 2. The number of ether oxygens (including phenoxy) is 1. The van der Waals surface area contributed by atoms with Crippen LogP contribution < -0.4 is 15.4 Å². The number of methoxy groups -OCH3 is 1. The van der Waals surface area contributed by atoms with Crippen LogP contribution in [0.3, 0.4) is 0 Å². The molecular formula is C19H15Cl2N3O2. The van der Waals surface area contributed by atoms with Crippen LogP contribution in [0.2, 0.25) is 10.0 Å². The lowest BCUT2D eigenvalue weighted by molar-refractivity contribution is 0.102. The Bertz CT molecular complexity index is 930. The molecule has 0 radical (unpaired) electrons. The second-order valence-corrected chi connectivity index (χ2v) is 6.18. The summed E-state index contributed by atoms with van der Waals surface area (Å²) in [7, 11) is 1.52. The maximum absolute atomic E-state index is 12.4. The van der Waals surface area contributed by atoms with E-state index in [1.54, 1.807) is 60.8 Å². The lowest BCUT2D eigenvalue weighted by Crippen LogP contribution is -2.14. The molecular weight excluding hydrogens is 373 g/mol. The Morgan fingerprint density at radius 2 is 1.88 bits per heavy atom. The van der Waals surface area contributed by atoms with Crippen LogP contribution in [-0.4, -0.2) is 18.0 Å². The SMILES string of the molecule is COc1ccccc1C(=O)Nc1ccc(Nc2cc(Cl)ccc2Cl)cn1. The van der Waals surface area contributed by atoms with Crippen LogP contribution in [0, 0.1) is 0 Å². The van der Waals surface area contributed by atoms with Gasteiger partial charge in [0.25, 0.3) is 5.91 Å². The summed E-state index contributed by atoms with van der Waals surface area (Å²) in [6, 6.07) is 15.6. The summed E-state index contributed by atoms with van der Waals surface area (Å²) < 4.78 is 5.20. The van der Waals surface area contributed by atoms with Crippen LogP contribution in [0.1, 0.15) is 10.4 Å². The van der Waals surface area contributed by atoms with Gasteiger partial charge in [-0.25, -0.2) is 4.98 Å². The van der Waals surface area contributed by atoms with Crippen LogP contribution in [0.25, 0.3) is 0 Å². The first-order chi connectivity index (χ1) is 12.6. The van der Waals surface area contributed by atoms with Gasteiger partial charge in [-0.15, -0.1) is 0 Å².